The number of pyridine rings is 1. The van der Waals surface area contributed by atoms with Gasteiger partial charge in [0.25, 0.3) is 5.91 Å². The van der Waals surface area contributed by atoms with E-state index in [-0.39, 0.29) is 10.7 Å². The van der Waals surface area contributed by atoms with E-state index in [1.165, 1.54) is 32.1 Å². The molecule has 116 valence electrons. The molecular weight excluding hydrogens is 350 g/mol. The van der Waals surface area contributed by atoms with Gasteiger partial charge < -0.3 is 10.6 Å². The maximum Gasteiger partial charge on any atom is 0.255 e. The molecule has 1 aromatic rings. The molecule has 0 radical (unpaired) electrons. The molecule has 6 heteroatoms. The van der Waals surface area contributed by atoms with E-state index in [0.717, 1.165) is 11.0 Å². The van der Waals surface area contributed by atoms with Crippen LogP contribution in [-0.2, 0) is 0 Å². The monoisotopic (exact) mass is 371 g/mol. The molecule has 0 aliphatic heterocycles. The van der Waals surface area contributed by atoms with Gasteiger partial charge in [-0.3, -0.25) is 4.79 Å². The normalized spacial score (nSPS) is 17.3. The summed E-state index contributed by atoms with van der Waals surface area (Å²) in [6, 6.07) is 1.81. The second kappa shape index (κ2) is 7.49. The first kappa shape index (κ1) is 16.6. The second-order valence-electron chi connectivity index (χ2n) is 5.43. The fraction of sp³-hybridized carbons (Fsp3) is 0.600. The smallest absolute Gasteiger partial charge is 0.255 e. The molecule has 1 fully saturated rings. The van der Waals surface area contributed by atoms with Crippen molar-refractivity contribution in [2.24, 2.45) is 0 Å². The lowest BCUT2D eigenvalue weighted by molar-refractivity contribution is 0.0947. The number of hydrogen-bond donors (Lipinski definition) is 2. The fourth-order valence-electron chi connectivity index (χ4n) is 2.80. The Labute approximate surface area is 139 Å². The van der Waals surface area contributed by atoms with Crippen LogP contribution in [0.1, 0.15) is 42.5 Å². The number of anilines is 1. The quantitative estimate of drug-likeness (QED) is 0.828. The number of carbonyl (C=O) groups is 1. The summed E-state index contributed by atoms with van der Waals surface area (Å²) in [5.41, 5.74) is 0.582. The van der Waals surface area contributed by atoms with Gasteiger partial charge in [0, 0.05) is 29.0 Å². The van der Waals surface area contributed by atoms with Crippen LogP contribution in [0.3, 0.4) is 0 Å². The average molecular weight is 372 g/mol. The van der Waals surface area contributed by atoms with Crippen molar-refractivity contribution in [2.75, 3.05) is 25.2 Å². The van der Waals surface area contributed by atoms with Gasteiger partial charge in [-0.2, -0.15) is 11.8 Å². The summed E-state index contributed by atoms with van der Waals surface area (Å²) >= 11 is 5.26. The predicted octanol–water partition coefficient (Wildman–Crippen LogP) is 3.68. The molecule has 2 rings (SSSR count). The lowest BCUT2D eigenvalue weighted by atomic mass is 9.88. The van der Waals surface area contributed by atoms with Gasteiger partial charge in [0.2, 0.25) is 0 Å². The zero-order valence-corrected chi connectivity index (χ0v) is 14.9. The van der Waals surface area contributed by atoms with Gasteiger partial charge in [-0.05, 0) is 41.1 Å². The van der Waals surface area contributed by atoms with E-state index in [1.54, 1.807) is 19.3 Å². The minimum absolute atomic E-state index is 0.0628. The number of thioether (sulfide) groups is 1. The van der Waals surface area contributed by atoms with Crippen LogP contribution in [0.25, 0.3) is 0 Å². The Morgan fingerprint density at radius 1 is 1.43 bits per heavy atom. The van der Waals surface area contributed by atoms with Crippen LogP contribution in [0.15, 0.2) is 16.7 Å². The van der Waals surface area contributed by atoms with Crippen molar-refractivity contribution < 1.29 is 4.79 Å². The molecule has 1 saturated carbocycles. The number of hydrogen-bond acceptors (Lipinski definition) is 4. The molecule has 1 aromatic heterocycles. The summed E-state index contributed by atoms with van der Waals surface area (Å²) in [6.07, 6.45) is 10.0. The number of rotatable bonds is 5. The predicted molar refractivity (Wildman–Crippen MR) is 93.1 cm³/mol. The Hall–Kier alpha value is -0.750. The summed E-state index contributed by atoms with van der Waals surface area (Å²) < 4.78 is 1.01. The van der Waals surface area contributed by atoms with Crippen LogP contribution in [0.2, 0.25) is 0 Å². The van der Waals surface area contributed by atoms with Crippen molar-refractivity contribution in [3.05, 3.63) is 22.3 Å². The molecule has 21 heavy (non-hydrogen) atoms. The van der Waals surface area contributed by atoms with Gasteiger partial charge in [-0.25, -0.2) is 4.98 Å². The van der Waals surface area contributed by atoms with Crippen molar-refractivity contribution in [1.29, 1.82) is 0 Å². The third-order valence-corrected chi connectivity index (χ3v) is 5.96. The molecular formula is C15H22BrN3OS. The van der Waals surface area contributed by atoms with E-state index < -0.39 is 0 Å². The van der Waals surface area contributed by atoms with Crippen LogP contribution in [0.5, 0.6) is 0 Å². The molecule has 0 unspecified atom stereocenters. The first-order chi connectivity index (χ1) is 10.1. The average Bonchev–Trinajstić information content (AvgIpc) is 2.53. The van der Waals surface area contributed by atoms with E-state index in [9.17, 15) is 4.79 Å². The number of nitrogens with one attached hydrogen (secondary N) is 2. The number of carbonyl (C=O) groups excluding carboxylic acids is 1. The second-order valence-corrected chi connectivity index (χ2v) is 7.62. The highest BCUT2D eigenvalue weighted by Crippen LogP contribution is 2.38. The van der Waals surface area contributed by atoms with Crippen molar-refractivity contribution in [3.8, 4) is 0 Å². The minimum atomic E-state index is -0.0628. The van der Waals surface area contributed by atoms with Crippen molar-refractivity contribution >= 4 is 39.4 Å². The summed E-state index contributed by atoms with van der Waals surface area (Å²) in [5, 5.41) is 6.07. The summed E-state index contributed by atoms with van der Waals surface area (Å²) in [7, 11) is 1.78. The Bertz CT molecular complexity index is 504. The molecule has 2 N–H and O–H groups in total. The molecule has 1 aliphatic rings. The molecule has 1 aliphatic carbocycles. The van der Waals surface area contributed by atoms with Gasteiger partial charge >= 0.3 is 0 Å². The minimum Gasteiger partial charge on any atom is -0.372 e. The summed E-state index contributed by atoms with van der Waals surface area (Å²) in [4.78, 5) is 16.7. The van der Waals surface area contributed by atoms with E-state index in [1.807, 2.05) is 11.8 Å². The fourth-order valence-corrected chi connectivity index (χ4v) is 4.04. The first-order valence-corrected chi connectivity index (χ1v) is 9.29. The molecule has 1 heterocycles. The Morgan fingerprint density at radius 2 is 2.14 bits per heavy atom. The molecule has 0 spiro atoms. The van der Waals surface area contributed by atoms with Crippen LogP contribution in [0.4, 0.5) is 5.82 Å². The third kappa shape index (κ3) is 4.13. The molecule has 4 nitrogen and oxygen atoms in total. The van der Waals surface area contributed by atoms with Crippen molar-refractivity contribution in [2.45, 2.75) is 36.9 Å². The van der Waals surface area contributed by atoms with E-state index >= 15 is 0 Å². The van der Waals surface area contributed by atoms with Crippen LogP contribution >= 0.6 is 27.7 Å². The van der Waals surface area contributed by atoms with Gasteiger partial charge in [0.1, 0.15) is 5.82 Å². The lowest BCUT2D eigenvalue weighted by Crippen LogP contribution is -2.42. The molecule has 1 amide bonds. The molecule has 0 bridgehead atoms. The molecule has 0 aromatic carbocycles. The highest BCUT2D eigenvalue weighted by molar-refractivity contribution is 9.10. The van der Waals surface area contributed by atoms with Crippen LogP contribution in [0, 0.1) is 0 Å². The zero-order chi connectivity index (χ0) is 15.3. The number of halogens is 1. The van der Waals surface area contributed by atoms with Crippen LogP contribution < -0.4 is 10.6 Å². The van der Waals surface area contributed by atoms with Gasteiger partial charge in [0.05, 0.1) is 5.56 Å². The van der Waals surface area contributed by atoms with Crippen molar-refractivity contribution in [1.82, 2.24) is 10.3 Å². The summed E-state index contributed by atoms with van der Waals surface area (Å²) in [6.45, 7) is 0.725. The van der Waals surface area contributed by atoms with Crippen LogP contribution in [-0.4, -0.2) is 35.5 Å². The molecule has 0 atom stereocenters. The lowest BCUT2D eigenvalue weighted by Gasteiger charge is -2.35. The van der Waals surface area contributed by atoms with E-state index in [0.29, 0.717) is 11.4 Å². The highest BCUT2D eigenvalue weighted by atomic mass is 79.9. The van der Waals surface area contributed by atoms with Gasteiger partial charge in [-0.1, -0.05) is 19.3 Å². The SMILES string of the molecule is CNc1ncc(Br)cc1C(=O)NCC1(SC)CCCCC1. The highest BCUT2D eigenvalue weighted by Gasteiger charge is 2.31. The Morgan fingerprint density at radius 3 is 2.76 bits per heavy atom. The largest absolute Gasteiger partial charge is 0.372 e. The summed E-state index contributed by atoms with van der Waals surface area (Å²) in [5.74, 6) is 0.546. The number of amides is 1. The first-order valence-electron chi connectivity index (χ1n) is 7.27. The maximum absolute atomic E-state index is 12.5. The van der Waals surface area contributed by atoms with Gasteiger partial charge in [0.15, 0.2) is 0 Å². The number of aromatic nitrogens is 1. The topological polar surface area (TPSA) is 54.0 Å². The number of nitrogens with zero attached hydrogens (tertiary/aromatic N) is 1. The van der Waals surface area contributed by atoms with E-state index in [2.05, 4.69) is 37.8 Å². The third-order valence-electron chi connectivity index (χ3n) is 4.10. The van der Waals surface area contributed by atoms with Gasteiger partial charge in [-0.15, -0.1) is 0 Å². The molecule has 0 saturated heterocycles. The Balaban J connectivity index is 2.06. The van der Waals surface area contributed by atoms with Crippen molar-refractivity contribution in [3.63, 3.8) is 0 Å². The van der Waals surface area contributed by atoms with E-state index in [4.69, 9.17) is 0 Å². The zero-order valence-electron chi connectivity index (χ0n) is 12.5. The standard InChI is InChI=1S/C15H22BrN3OS/c1-17-13-12(8-11(16)9-18-13)14(20)19-10-15(21-2)6-4-3-5-7-15/h8-9H,3-7,10H2,1-2H3,(H,17,18)(H,19,20). The maximum atomic E-state index is 12.5. The Kier molecular flexibility index (Phi) is 5.93.